The largest absolute Gasteiger partial charge is 0.477 e. The second-order valence-electron chi connectivity index (χ2n) is 5.08. The van der Waals surface area contributed by atoms with Crippen LogP contribution in [0.1, 0.15) is 35.3 Å². The molecule has 1 aromatic rings. The average Bonchev–Trinajstić information content (AvgIpc) is 2.67. The minimum absolute atomic E-state index is 0.00833. The van der Waals surface area contributed by atoms with Gasteiger partial charge in [0.05, 0.1) is 10.5 Å². The fourth-order valence-electron chi connectivity index (χ4n) is 1.76. The zero-order valence-corrected chi connectivity index (χ0v) is 13.5. The quantitative estimate of drug-likeness (QED) is 0.828. The van der Waals surface area contributed by atoms with Crippen molar-refractivity contribution in [2.24, 2.45) is 0 Å². The third kappa shape index (κ3) is 3.78. The number of rotatable bonds is 6. The number of carboxylic acid groups (broad SMARTS) is 1. The number of aliphatic hydroxyl groups is 1. The lowest BCUT2D eigenvalue weighted by atomic mass is 10.1. The van der Waals surface area contributed by atoms with Crippen LogP contribution in [0.25, 0.3) is 0 Å². The Labute approximate surface area is 122 Å². The molecule has 1 aromatic heterocycles. The molecule has 6 nitrogen and oxygen atoms in total. The van der Waals surface area contributed by atoms with E-state index in [1.54, 1.807) is 13.8 Å². The van der Waals surface area contributed by atoms with Crippen molar-refractivity contribution in [1.29, 1.82) is 0 Å². The molecule has 114 valence electrons. The van der Waals surface area contributed by atoms with Gasteiger partial charge in [-0.1, -0.05) is 6.92 Å². The van der Waals surface area contributed by atoms with Gasteiger partial charge < -0.3 is 10.2 Å². The van der Waals surface area contributed by atoms with Crippen molar-refractivity contribution in [3.8, 4) is 0 Å². The van der Waals surface area contributed by atoms with E-state index < -0.39 is 21.6 Å². The highest BCUT2D eigenvalue weighted by Crippen LogP contribution is 2.28. The van der Waals surface area contributed by atoms with Crippen LogP contribution in [0.5, 0.6) is 0 Å². The SMILES string of the molecule is CCN(CC(C)(C)O)S(=O)(=O)c1cc(C(=O)O)sc1C. The maximum absolute atomic E-state index is 12.5. The Morgan fingerprint density at radius 1 is 1.45 bits per heavy atom. The molecular formula is C12H19NO5S2. The summed E-state index contributed by atoms with van der Waals surface area (Å²) in [7, 11) is -3.81. The minimum Gasteiger partial charge on any atom is -0.477 e. The van der Waals surface area contributed by atoms with Crippen molar-refractivity contribution >= 4 is 27.3 Å². The van der Waals surface area contributed by atoms with Crippen LogP contribution in [-0.2, 0) is 10.0 Å². The summed E-state index contributed by atoms with van der Waals surface area (Å²) in [4.78, 5) is 11.3. The standard InChI is InChI=1S/C12H19NO5S2/c1-5-13(7-12(3,4)16)20(17,18)10-6-9(11(14)15)19-8(10)2/h6,16H,5,7H2,1-4H3,(H,14,15). The second-order valence-corrected chi connectivity index (χ2v) is 8.24. The number of hydrogen-bond donors (Lipinski definition) is 2. The van der Waals surface area contributed by atoms with E-state index >= 15 is 0 Å². The Bertz CT molecular complexity index is 598. The van der Waals surface area contributed by atoms with Crippen molar-refractivity contribution < 1.29 is 23.4 Å². The summed E-state index contributed by atoms with van der Waals surface area (Å²) < 4.78 is 26.2. The summed E-state index contributed by atoms with van der Waals surface area (Å²) in [5, 5.41) is 18.7. The van der Waals surface area contributed by atoms with Gasteiger partial charge in [-0.25, -0.2) is 13.2 Å². The van der Waals surface area contributed by atoms with Gasteiger partial charge >= 0.3 is 5.97 Å². The molecule has 8 heteroatoms. The second kappa shape index (κ2) is 5.80. The summed E-state index contributed by atoms with van der Waals surface area (Å²) in [6.07, 6.45) is 0. The Hall–Kier alpha value is -0.960. The Morgan fingerprint density at radius 3 is 2.35 bits per heavy atom. The molecule has 0 unspecified atom stereocenters. The van der Waals surface area contributed by atoms with E-state index in [9.17, 15) is 18.3 Å². The number of aryl methyl sites for hydroxylation is 1. The molecule has 1 heterocycles. The first-order valence-electron chi connectivity index (χ1n) is 6.05. The molecule has 0 bridgehead atoms. The van der Waals surface area contributed by atoms with E-state index in [2.05, 4.69) is 0 Å². The maximum atomic E-state index is 12.5. The van der Waals surface area contributed by atoms with E-state index in [0.29, 0.717) is 4.88 Å². The Morgan fingerprint density at radius 2 is 2.00 bits per heavy atom. The normalized spacial score (nSPS) is 12.9. The molecule has 0 amide bonds. The van der Waals surface area contributed by atoms with Crippen molar-refractivity contribution in [3.63, 3.8) is 0 Å². The first kappa shape index (κ1) is 17.1. The number of carboxylic acids is 1. The van der Waals surface area contributed by atoms with E-state index in [1.165, 1.54) is 19.9 Å². The van der Waals surface area contributed by atoms with Crippen LogP contribution < -0.4 is 0 Å². The van der Waals surface area contributed by atoms with Gasteiger partial charge in [0, 0.05) is 18.0 Å². The minimum atomic E-state index is -3.81. The third-order valence-corrected chi connectivity index (χ3v) is 5.83. The number of sulfonamides is 1. The van der Waals surface area contributed by atoms with Crippen molar-refractivity contribution in [1.82, 2.24) is 4.31 Å². The van der Waals surface area contributed by atoms with Gasteiger partial charge in [0.1, 0.15) is 4.88 Å². The van der Waals surface area contributed by atoms with Crippen molar-refractivity contribution in [3.05, 3.63) is 15.8 Å². The van der Waals surface area contributed by atoms with Crippen LogP contribution in [0.3, 0.4) is 0 Å². The zero-order valence-electron chi connectivity index (χ0n) is 11.9. The van der Waals surface area contributed by atoms with Gasteiger partial charge in [0.15, 0.2) is 0 Å². The van der Waals surface area contributed by atoms with Gasteiger partial charge in [0.2, 0.25) is 10.0 Å². The Kier molecular flexibility index (Phi) is 4.96. The summed E-state index contributed by atoms with van der Waals surface area (Å²) in [5.41, 5.74) is -1.16. The van der Waals surface area contributed by atoms with Crippen LogP contribution in [0.2, 0.25) is 0 Å². The highest BCUT2D eigenvalue weighted by atomic mass is 32.2. The Balaban J connectivity index is 3.24. The molecule has 0 radical (unpaired) electrons. The molecule has 0 fully saturated rings. The molecule has 0 aromatic carbocycles. The number of hydrogen-bond acceptors (Lipinski definition) is 5. The maximum Gasteiger partial charge on any atom is 0.345 e. The van der Waals surface area contributed by atoms with E-state index in [1.807, 2.05) is 0 Å². The molecule has 20 heavy (non-hydrogen) atoms. The first-order chi connectivity index (χ1) is 8.99. The molecule has 0 aliphatic heterocycles. The summed E-state index contributed by atoms with van der Waals surface area (Å²) >= 11 is 0.927. The lowest BCUT2D eigenvalue weighted by Crippen LogP contribution is -2.42. The van der Waals surface area contributed by atoms with Crippen LogP contribution in [-0.4, -0.2) is 47.6 Å². The predicted octanol–water partition coefficient (Wildman–Crippen LogP) is 1.54. The zero-order chi connectivity index (χ0) is 15.7. The summed E-state index contributed by atoms with van der Waals surface area (Å²) in [5.74, 6) is -1.15. The first-order valence-corrected chi connectivity index (χ1v) is 8.31. The fraction of sp³-hybridized carbons (Fsp3) is 0.583. The van der Waals surface area contributed by atoms with Crippen molar-refractivity contribution in [2.45, 2.75) is 38.2 Å². The lowest BCUT2D eigenvalue weighted by Gasteiger charge is -2.27. The number of carbonyl (C=O) groups is 1. The van der Waals surface area contributed by atoms with E-state index in [0.717, 1.165) is 15.6 Å². The summed E-state index contributed by atoms with van der Waals surface area (Å²) in [6.45, 7) is 6.43. The molecule has 0 spiro atoms. The van der Waals surface area contributed by atoms with E-state index in [-0.39, 0.29) is 22.9 Å². The van der Waals surface area contributed by atoms with Crippen LogP contribution in [0.15, 0.2) is 11.0 Å². The smallest absolute Gasteiger partial charge is 0.345 e. The van der Waals surface area contributed by atoms with E-state index in [4.69, 9.17) is 5.11 Å². The van der Waals surface area contributed by atoms with Crippen LogP contribution in [0.4, 0.5) is 0 Å². The van der Waals surface area contributed by atoms with Gasteiger partial charge in [0.25, 0.3) is 0 Å². The molecule has 0 saturated carbocycles. The van der Waals surface area contributed by atoms with Gasteiger partial charge in [-0.2, -0.15) is 4.31 Å². The number of thiophene rings is 1. The number of nitrogens with zero attached hydrogens (tertiary/aromatic N) is 1. The molecule has 0 aliphatic carbocycles. The molecule has 0 atom stereocenters. The fourth-order valence-corrected chi connectivity index (χ4v) is 4.77. The predicted molar refractivity (Wildman–Crippen MR) is 76.7 cm³/mol. The van der Waals surface area contributed by atoms with Gasteiger partial charge in [-0.15, -0.1) is 11.3 Å². The summed E-state index contributed by atoms with van der Waals surface area (Å²) in [6, 6.07) is 1.17. The molecule has 2 N–H and O–H groups in total. The molecular weight excluding hydrogens is 302 g/mol. The highest BCUT2D eigenvalue weighted by molar-refractivity contribution is 7.89. The molecule has 0 saturated heterocycles. The van der Waals surface area contributed by atoms with Crippen LogP contribution in [0, 0.1) is 6.92 Å². The molecule has 0 aliphatic rings. The molecule has 1 rings (SSSR count). The third-order valence-electron chi connectivity index (χ3n) is 2.62. The lowest BCUT2D eigenvalue weighted by molar-refractivity contribution is 0.0600. The highest BCUT2D eigenvalue weighted by Gasteiger charge is 2.31. The van der Waals surface area contributed by atoms with Gasteiger partial charge in [-0.3, -0.25) is 0 Å². The topological polar surface area (TPSA) is 94.9 Å². The monoisotopic (exact) mass is 321 g/mol. The van der Waals surface area contributed by atoms with Gasteiger partial charge in [-0.05, 0) is 26.8 Å². The number of aromatic carboxylic acids is 1. The van der Waals surface area contributed by atoms with Crippen LogP contribution >= 0.6 is 11.3 Å². The van der Waals surface area contributed by atoms with Crippen molar-refractivity contribution in [2.75, 3.05) is 13.1 Å². The average molecular weight is 321 g/mol. The number of likely N-dealkylation sites (N-methyl/N-ethyl adjacent to an activating group) is 1.